The Morgan fingerprint density at radius 2 is 1.04 bits per heavy atom. The van der Waals surface area contributed by atoms with Crippen LogP contribution in [0.5, 0.6) is 0 Å². The van der Waals surface area contributed by atoms with Crippen LogP contribution < -0.4 is 16.4 Å². The summed E-state index contributed by atoms with van der Waals surface area (Å²) in [6, 6.07) is -0.859. The van der Waals surface area contributed by atoms with E-state index in [0.717, 1.165) is 51.5 Å². The van der Waals surface area contributed by atoms with Crippen LogP contribution >= 0.6 is 7.82 Å². The first-order valence-corrected chi connectivity index (χ1v) is 23.3. The molecule has 14 heteroatoms. The van der Waals surface area contributed by atoms with Gasteiger partial charge >= 0.3 is 17.9 Å². The zero-order valence-electron chi connectivity index (χ0n) is 34.8. The summed E-state index contributed by atoms with van der Waals surface area (Å²) in [6.07, 6.45) is 26.2. The van der Waals surface area contributed by atoms with Crippen molar-refractivity contribution in [2.45, 2.75) is 212 Å². The van der Waals surface area contributed by atoms with Gasteiger partial charge in [0.05, 0.1) is 19.8 Å². The van der Waals surface area contributed by atoms with Gasteiger partial charge in [-0.05, 0) is 32.1 Å². The fraction of sp³-hybridized carbons (Fsp3) is 0.927. The molecule has 0 saturated carbocycles. The molecule has 0 saturated heterocycles. The van der Waals surface area contributed by atoms with Gasteiger partial charge in [-0.3, -0.25) is 18.9 Å². The minimum absolute atomic E-state index is 0.149. The Morgan fingerprint density at radius 1 is 0.600 bits per heavy atom. The molecule has 4 atom stereocenters. The Labute approximate surface area is 333 Å². The van der Waals surface area contributed by atoms with Crippen molar-refractivity contribution in [3.05, 3.63) is 0 Å². The van der Waals surface area contributed by atoms with Crippen LogP contribution in [0.25, 0.3) is 0 Å². The van der Waals surface area contributed by atoms with Crippen molar-refractivity contribution < 1.29 is 57.9 Å². The summed E-state index contributed by atoms with van der Waals surface area (Å²) in [5.74, 6) is -1.71. The highest BCUT2D eigenvalue weighted by atomic mass is 31.2. The van der Waals surface area contributed by atoms with Crippen LogP contribution in [-0.4, -0.2) is 74.2 Å². The van der Waals surface area contributed by atoms with Gasteiger partial charge in [-0.15, -0.1) is 0 Å². The van der Waals surface area contributed by atoms with E-state index in [-0.39, 0.29) is 19.4 Å². The number of nitrogens with two attached hydrogens (primary N) is 1. The van der Waals surface area contributed by atoms with Crippen molar-refractivity contribution >= 4 is 25.7 Å². The Balaban J connectivity index is 4.68. The Kier molecular flexibility index (Phi) is 36.8. The lowest BCUT2D eigenvalue weighted by molar-refractivity contribution is -0.368. The molecule has 0 heterocycles. The average molecular weight is 809 g/mol. The number of unbranched alkanes of at least 4 members (excludes halogenated alkanes) is 22. The zero-order chi connectivity index (χ0) is 40.8. The van der Waals surface area contributed by atoms with Crippen LogP contribution in [0.15, 0.2) is 0 Å². The van der Waals surface area contributed by atoms with Crippen LogP contribution in [0.2, 0.25) is 0 Å². The van der Waals surface area contributed by atoms with Crippen LogP contribution in [0.3, 0.4) is 0 Å². The maximum Gasteiger partial charge on any atom is 0.322 e. The Hall–Kier alpha value is -1.60. The first-order valence-electron chi connectivity index (χ1n) is 21.9. The number of phosphoric ester groups is 1. The van der Waals surface area contributed by atoms with Crippen LogP contribution in [-0.2, 0) is 42.2 Å². The second kappa shape index (κ2) is 37.9. The van der Waals surface area contributed by atoms with Crippen molar-refractivity contribution in [1.82, 2.24) is 0 Å². The highest BCUT2D eigenvalue weighted by Gasteiger charge is 2.23. The van der Waals surface area contributed by atoms with Gasteiger partial charge < -0.3 is 44.7 Å². The summed E-state index contributed by atoms with van der Waals surface area (Å²) in [6.45, 7) is 2.91. The quantitative estimate of drug-likeness (QED) is 0.0239. The Morgan fingerprint density at radius 3 is 1.51 bits per heavy atom. The van der Waals surface area contributed by atoms with Crippen molar-refractivity contribution in [1.29, 1.82) is 0 Å². The number of esters is 3. The standard InChI is InChI=1S/C41H81N2O11P/c1-3-5-7-9-11-13-15-17-18-20-22-24-29-39(45)50-34-37(54-40(46)30-25-23-21-19-16-14-12-10-8-6-4-2)35-53-55(48,49)52-33-36(44)32-51-41(47)38(43)28-26-27-31-42/h36-38,44H,3-35,42-43H2,1-2H3,(H,48,49). The molecule has 0 rings (SSSR count). The number of quaternary nitrogens is 1. The summed E-state index contributed by atoms with van der Waals surface area (Å²) in [5, 5.41) is 10.1. The van der Waals surface area contributed by atoms with Gasteiger partial charge in [0.15, 0.2) is 6.10 Å². The van der Waals surface area contributed by atoms with Crippen molar-refractivity contribution in [2.75, 3.05) is 33.0 Å². The van der Waals surface area contributed by atoms with E-state index in [1.807, 2.05) is 0 Å². The minimum Gasteiger partial charge on any atom is -0.756 e. The van der Waals surface area contributed by atoms with E-state index >= 15 is 0 Å². The number of rotatable bonds is 41. The molecule has 6 N–H and O–H groups in total. The molecule has 0 radical (unpaired) electrons. The average Bonchev–Trinajstić information content (AvgIpc) is 3.16. The summed E-state index contributed by atoms with van der Waals surface area (Å²) >= 11 is 0. The molecular weight excluding hydrogens is 727 g/mol. The van der Waals surface area contributed by atoms with Crippen molar-refractivity contribution in [3.8, 4) is 0 Å². The highest BCUT2D eigenvalue weighted by Crippen LogP contribution is 2.38. The summed E-state index contributed by atoms with van der Waals surface area (Å²) in [7, 11) is -4.98. The topological polar surface area (TPSA) is 211 Å². The van der Waals surface area contributed by atoms with E-state index in [2.05, 4.69) is 19.6 Å². The normalized spacial score (nSPS) is 14.2. The lowest BCUT2D eigenvalue weighted by Gasteiger charge is -2.26. The van der Waals surface area contributed by atoms with Gasteiger partial charge in [-0.2, -0.15) is 0 Å². The van der Waals surface area contributed by atoms with Gasteiger partial charge in [-0.1, -0.05) is 149 Å². The van der Waals surface area contributed by atoms with Gasteiger partial charge in [0.25, 0.3) is 7.82 Å². The lowest BCUT2D eigenvalue weighted by Crippen LogP contribution is -2.50. The second-order valence-corrected chi connectivity index (χ2v) is 16.4. The molecule has 0 fully saturated rings. The molecule has 13 nitrogen and oxygen atoms in total. The number of aliphatic hydroxyl groups excluding tert-OH is 1. The first kappa shape index (κ1) is 53.4. The number of hydrogen-bond acceptors (Lipinski definition) is 12. The number of carbonyl (C=O) groups excluding carboxylic acids is 3. The predicted molar refractivity (Wildman–Crippen MR) is 214 cm³/mol. The fourth-order valence-electron chi connectivity index (χ4n) is 6.04. The van der Waals surface area contributed by atoms with Gasteiger partial charge in [0, 0.05) is 12.8 Å². The molecule has 0 aromatic rings. The van der Waals surface area contributed by atoms with Gasteiger partial charge in [-0.25, -0.2) is 0 Å². The third-order valence-corrected chi connectivity index (χ3v) is 10.5. The third-order valence-electron chi connectivity index (χ3n) is 9.53. The van der Waals surface area contributed by atoms with Crippen LogP contribution in [0.4, 0.5) is 0 Å². The van der Waals surface area contributed by atoms with E-state index in [9.17, 15) is 28.9 Å². The largest absolute Gasteiger partial charge is 0.756 e. The summed E-state index contributed by atoms with van der Waals surface area (Å²) < 4.78 is 38.0. The Bertz CT molecular complexity index is 975. The zero-order valence-corrected chi connectivity index (χ0v) is 35.7. The molecule has 326 valence electrons. The third kappa shape index (κ3) is 36.5. The van der Waals surface area contributed by atoms with Crippen molar-refractivity contribution in [2.24, 2.45) is 5.73 Å². The number of carbonyl (C=O) groups is 3. The van der Waals surface area contributed by atoms with E-state index < -0.39 is 63.8 Å². The minimum atomic E-state index is -4.98. The molecule has 0 aliphatic carbocycles. The number of aliphatic hydroxyl groups is 1. The molecule has 0 aliphatic heterocycles. The van der Waals surface area contributed by atoms with Gasteiger partial charge in [0.1, 0.15) is 25.4 Å². The maximum atomic E-state index is 12.7. The van der Waals surface area contributed by atoms with Crippen molar-refractivity contribution in [3.63, 3.8) is 0 Å². The first-order chi connectivity index (χ1) is 26.5. The number of hydrogen-bond donors (Lipinski definition) is 3. The molecule has 4 unspecified atom stereocenters. The van der Waals surface area contributed by atoms with Gasteiger partial charge in [0.2, 0.25) is 0 Å². The molecule has 0 bridgehead atoms. The molecule has 55 heavy (non-hydrogen) atoms. The maximum absolute atomic E-state index is 12.7. The smallest absolute Gasteiger partial charge is 0.322 e. The van der Waals surface area contributed by atoms with E-state index in [4.69, 9.17) is 29.0 Å². The van der Waals surface area contributed by atoms with E-state index in [0.29, 0.717) is 25.7 Å². The highest BCUT2D eigenvalue weighted by molar-refractivity contribution is 7.45. The molecule has 0 amide bonds. The molecular formula is C41H81N2O11P. The monoisotopic (exact) mass is 809 g/mol. The number of phosphoric acid groups is 1. The SMILES string of the molecule is CCCCCCCCCCCCCCC(=O)OCC(COP(=O)([O-])OCC(O)COC(=O)C(N)CCCC[NH3+])OC(=O)CCCCCCCCCCCCC. The lowest BCUT2D eigenvalue weighted by atomic mass is 10.0. The number of ether oxygens (including phenoxy) is 3. The van der Waals surface area contributed by atoms with E-state index in [1.54, 1.807) is 0 Å². The fourth-order valence-corrected chi connectivity index (χ4v) is 6.82. The summed E-state index contributed by atoms with van der Waals surface area (Å²) in [4.78, 5) is 49.6. The molecule has 0 spiro atoms. The molecule has 0 aliphatic rings. The predicted octanol–water partition coefficient (Wildman–Crippen LogP) is 7.38. The second-order valence-electron chi connectivity index (χ2n) is 15.0. The van der Waals surface area contributed by atoms with Crippen LogP contribution in [0.1, 0.15) is 194 Å². The molecule has 0 aromatic heterocycles. The molecule has 0 aromatic carbocycles. The summed E-state index contributed by atoms with van der Waals surface area (Å²) in [5.41, 5.74) is 9.52. The van der Waals surface area contributed by atoms with Crippen LogP contribution in [0, 0.1) is 0 Å². The van der Waals surface area contributed by atoms with E-state index in [1.165, 1.54) is 96.3 Å².